The molecule has 1 aromatic rings. The molecule has 0 atom stereocenters. The Hall–Kier alpha value is -2.48. The Kier molecular flexibility index (Phi) is 5.42. The van der Waals surface area contributed by atoms with Crippen LogP contribution in [0.5, 0.6) is 0 Å². The number of esters is 1. The van der Waals surface area contributed by atoms with E-state index < -0.39 is 16.9 Å². The normalized spacial score (nSPS) is 9.74. The molecule has 0 unspecified atom stereocenters. The topological polar surface area (TPSA) is 122 Å². The molecule has 0 fully saturated rings. The number of nitrogens with zero attached hydrogens (tertiary/aromatic N) is 1. The maximum Gasteiger partial charge on any atom is 0.325 e. The van der Waals surface area contributed by atoms with Gasteiger partial charge >= 0.3 is 11.9 Å². The van der Waals surface area contributed by atoms with Gasteiger partial charge in [-0.05, 0) is 17.7 Å². The minimum Gasteiger partial charge on any atom is -0.461 e. The van der Waals surface area contributed by atoms with E-state index in [9.17, 15) is 19.7 Å². The van der Waals surface area contributed by atoms with Crippen molar-refractivity contribution >= 4 is 17.6 Å². The molecule has 0 aliphatic heterocycles. The summed E-state index contributed by atoms with van der Waals surface area (Å²) in [5, 5.41) is 10.4. The van der Waals surface area contributed by atoms with Gasteiger partial charge < -0.3 is 9.57 Å². The van der Waals surface area contributed by atoms with Gasteiger partial charge in [0, 0.05) is 12.1 Å². The molecular weight excluding hydrogens is 256 g/mol. The minimum atomic E-state index is -0.702. The maximum atomic E-state index is 11.2. The fourth-order valence-corrected chi connectivity index (χ4v) is 1.21. The summed E-state index contributed by atoms with van der Waals surface area (Å²) in [6.07, 6.45) is -0.293. The van der Waals surface area contributed by atoms with E-state index in [1.54, 1.807) is 0 Å². The van der Waals surface area contributed by atoms with Gasteiger partial charge in [0.25, 0.3) is 5.69 Å². The van der Waals surface area contributed by atoms with Crippen molar-refractivity contribution in [2.45, 2.75) is 19.4 Å². The number of hydrogen-bond acceptors (Lipinski definition) is 7. The number of non-ortho nitro benzene ring substituents is 1. The Labute approximate surface area is 108 Å². The minimum absolute atomic E-state index is 0.0193. The first-order valence-corrected chi connectivity index (χ1v) is 5.31. The molecule has 8 nitrogen and oxygen atoms in total. The number of benzene rings is 1. The molecule has 8 heteroatoms. The Bertz CT molecular complexity index is 471. The highest BCUT2D eigenvalue weighted by Crippen LogP contribution is 2.12. The zero-order valence-corrected chi connectivity index (χ0v) is 9.90. The maximum absolute atomic E-state index is 11.2. The first-order chi connectivity index (χ1) is 9.02. The summed E-state index contributed by atoms with van der Waals surface area (Å²) < 4.78 is 4.87. The zero-order valence-electron chi connectivity index (χ0n) is 9.90. The Balaban J connectivity index is 2.37. The predicted octanol–water partition coefficient (Wildman–Crippen LogP) is 0.835. The number of nitrogens with two attached hydrogens (primary N) is 1. The second-order valence-electron chi connectivity index (χ2n) is 3.57. The van der Waals surface area contributed by atoms with Crippen LogP contribution in [0.1, 0.15) is 18.4 Å². The number of carbonyl (C=O) groups excluding carboxylic acids is 2. The zero-order chi connectivity index (χ0) is 14.3. The monoisotopic (exact) mass is 268 g/mol. The summed E-state index contributed by atoms with van der Waals surface area (Å²) in [6.45, 7) is -0.0193. The molecule has 19 heavy (non-hydrogen) atoms. The highest BCUT2D eigenvalue weighted by Gasteiger charge is 2.09. The quantitative estimate of drug-likeness (QED) is 0.460. The van der Waals surface area contributed by atoms with Gasteiger partial charge in [-0.25, -0.2) is 0 Å². The van der Waals surface area contributed by atoms with Crippen molar-refractivity contribution in [3.63, 3.8) is 0 Å². The number of carbonyl (C=O) groups is 2. The lowest BCUT2D eigenvalue weighted by molar-refractivity contribution is -0.384. The first kappa shape index (κ1) is 14.6. The van der Waals surface area contributed by atoms with Crippen molar-refractivity contribution in [2.75, 3.05) is 0 Å². The van der Waals surface area contributed by atoms with E-state index >= 15 is 0 Å². The molecule has 0 aliphatic rings. The molecular formula is C11H12N2O6. The van der Waals surface area contributed by atoms with Crippen LogP contribution in [0.25, 0.3) is 0 Å². The summed E-state index contributed by atoms with van der Waals surface area (Å²) in [5.41, 5.74) is 0.570. The molecule has 0 heterocycles. The van der Waals surface area contributed by atoms with Crippen molar-refractivity contribution in [2.24, 2.45) is 5.90 Å². The van der Waals surface area contributed by atoms with Crippen LogP contribution in [0.3, 0.4) is 0 Å². The average molecular weight is 268 g/mol. The van der Waals surface area contributed by atoms with Crippen LogP contribution in [0.15, 0.2) is 24.3 Å². The summed E-state index contributed by atoms with van der Waals surface area (Å²) in [4.78, 5) is 35.7. The van der Waals surface area contributed by atoms with Crippen molar-refractivity contribution < 1.29 is 24.1 Å². The highest BCUT2D eigenvalue weighted by molar-refractivity contribution is 5.77. The molecule has 1 aromatic carbocycles. The van der Waals surface area contributed by atoms with Crippen molar-refractivity contribution in [1.29, 1.82) is 0 Å². The second-order valence-corrected chi connectivity index (χ2v) is 3.57. The first-order valence-electron chi connectivity index (χ1n) is 5.31. The van der Waals surface area contributed by atoms with Crippen LogP contribution < -0.4 is 5.90 Å². The van der Waals surface area contributed by atoms with E-state index in [-0.39, 0.29) is 25.1 Å². The van der Waals surface area contributed by atoms with E-state index in [1.807, 2.05) is 0 Å². The van der Waals surface area contributed by atoms with Gasteiger partial charge in [0.1, 0.15) is 6.61 Å². The van der Waals surface area contributed by atoms with Gasteiger partial charge in [0.2, 0.25) is 0 Å². The van der Waals surface area contributed by atoms with E-state index in [1.165, 1.54) is 24.3 Å². The van der Waals surface area contributed by atoms with Gasteiger partial charge in [-0.2, -0.15) is 5.90 Å². The average Bonchev–Trinajstić information content (AvgIpc) is 2.42. The molecule has 0 spiro atoms. The molecule has 0 aromatic heterocycles. The lowest BCUT2D eigenvalue weighted by atomic mass is 10.2. The van der Waals surface area contributed by atoms with Gasteiger partial charge in [-0.3, -0.25) is 19.7 Å². The standard InChI is InChI=1S/C11H12N2O6/c12-19-11(15)6-5-10(14)18-7-8-1-3-9(4-2-8)13(16)17/h1-4H,5-7,12H2. The molecule has 2 N–H and O–H groups in total. The number of rotatable bonds is 6. The van der Waals surface area contributed by atoms with E-state index in [2.05, 4.69) is 10.7 Å². The van der Waals surface area contributed by atoms with Gasteiger partial charge in [0.05, 0.1) is 17.8 Å². The van der Waals surface area contributed by atoms with Crippen molar-refractivity contribution in [1.82, 2.24) is 0 Å². The number of nitro benzene ring substituents is 1. The molecule has 1 rings (SSSR count). The molecule has 0 saturated carbocycles. The summed E-state index contributed by atoms with van der Waals surface area (Å²) >= 11 is 0. The lowest BCUT2D eigenvalue weighted by Crippen LogP contribution is -2.13. The number of hydrogen-bond donors (Lipinski definition) is 1. The van der Waals surface area contributed by atoms with Gasteiger partial charge in [0.15, 0.2) is 0 Å². The molecule has 0 aliphatic carbocycles. The fraction of sp³-hybridized carbons (Fsp3) is 0.273. The van der Waals surface area contributed by atoms with Crippen LogP contribution in [0.4, 0.5) is 5.69 Å². The van der Waals surface area contributed by atoms with Crippen LogP contribution in [-0.4, -0.2) is 16.9 Å². The number of nitro groups is 1. The third kappa shape index (κ3) is 5.13. The van der Waals surface area contributed by atoms with Gasteiger partial charge in [-0.1, -0.05) is 0 Å². The fourth-order valence-electron chi connectivity index (χ4n) is 1.21. The lowest BCUT2D eigenvalue weighted by Gasteiger charge is -2.04. The largest absolute Gasteiger partial charge is 0.461 e. The van der Waals surface area contributed by atoms with E-state index in [0.29, 0.717) is 5.56 Å². The van der Waals surface area contributed by atoms with Crippen molar-refractivity contribution in [3.8, 4) is 0 Å². The van der Waals surface area contributed by atoms with Crippen LogP contribution in [0, 0.1) is 10.1 Å². The predicted molar refractivity (Wildman–Crippen MR) is 62.4 cm³/mol. The Morgan fingerprint density at radius 3 is 2.26 bits per heavy atom. The van der Waals surface area contributed by atoms with Crippen LogP contribution in [0.2, 0.25) is 0 Å². The second kappa shape index (κ2) is 7.07. The van der Waals surface area contributed by atoms with Crippen molar-refractivity contribution in [3.05, 3.63) is 39.9 Å². The molecule has 0 saturated heterocycles. The smallest absolute Gasteiger partial charge is 0.325 e. The third-order valence-corrected chi connectivity index (χ3v) is 2.21. The van der Waals surface area contributed by atoms with Gasteiger partial charge in [-0.15, -0.1) is 0 Å². The molecule has 102 valence electrons. The summed E-state index contributed by atoms with van der Waals surface area (Å²) in [7, 11) is 0. The van der Waals surface area contributed by atoms with E-state index in [0.717, 1.165) is 0 Å². The molecule has 0 bridgehead atoms. The molecule has 0 radical (unpaired) electrons. The summed E-state index contributed by atoms with van der Waals surface area (Å²) in [6, 6.07) is 5.60. The van der Waals surface area contributed by atoms with Crippen LogP contribution >= 0.6 is 0 Å². The number of ether oxygens (including phenoxy) is 1. The van der Waals surface area contributed by atoms with Crippen LogP contribution in [-0.2, 0) is 25.8 Å². The summed E-state index contributed by atoms with van der Waals surface area (Å²) in [5.74, 6) is 3.32. The Morgan fingerprint density at radius 2 is 1.74 bits per heavy atom. The SMILES string of the molecule is NOC(=O)CCC(=O)OCc1ccc([N+](=O)[O-])cc1. The molecule has 0 amide bonds. The highest BCUT2D eigenvalue weighted by atomic mass is 16.7. The van der Waals surface area contributed by atoms with E-state index in [4.69, 9.17) is 4.74 Å². The Morgan fingerprint density at radius 1 is 1.16 bits per heavy atom. The third-order valence-electron chi connectivity index (χ3n) is 2.21.